The van der Waals surface area contributed by atoms with Crippen LogP contribution in [0.3, 0.4) is 0 Å². The molecule has 2 heterocycles. The van der Waals surface area contributed by atoms with Gasteiger partial charge in [0, 0.05) is 39.7 Å². The molecule has 0 radical (unpaired) electrons. The van der Waals surface area contributed by atoms with Crippen LogP contribution in [0.1, 0.15) is 36.2 Å². The smallest absolute Gasteiger partial charge is 0.145 e. The second kappa shape index (κ2) is 12.8. The fourth-order valence-electron chi connectivity index (χ4n) is 8.17. The third-order valence-corrected chi connectivity index (χ3v) is 10.7. The van der Waals surface area contributed by atoms with Crippen molar-refractivity contribution >= 4 is 54.9 Å². The van der Waals surface area contributed by atoms with Gasteiger partial charge < -0.3 is 9.73 Å². The minimum Gasteiger partial charge on any atom is -0.455 e. The number of hydrogen-bond donors (Lipinski definition) is 1. The molecule has 3 nitrogen and oxygen atoms in total. The molecule has 1 N–H and O–H groups in total. The third kappa shape index (κ3) is 5.41. The molecule has 0 aliphatic carbocycles. The van der Waals surface area contributed by atoms with Gasteiger partial charge in [0.2, 0.25) is 0 Å². The van der Waals surface area contributed by atoms with Gasteiger partial charge in [0.1, 0.15) is 17.3 Å². The van der Waals surface area contributed by atoms with E-state index in [1.807, 2.05) is 0 Å². The number of hydrogen-bond acceptors (Lipinski definition) is 3. The fourth-order valence-corrected chi connectivity index (χ4v) is 8.17. The number of nitrogens with one attached hydrogen (secondary N) is 1. The van der Waals surface area contributed by atoms with E-state index in [-0.39, 0.29) is 6.17 Å². The van der Waals surface area contributed by atoms with Crippen LogP contribution >= 0.6 is 0 Å². The molecular formula is C50H36N2O. The first-order chi connectivity index (χ1) is 26.2. The molecule has 0 fully saturated rings. The molecule has 1 aromatic heterocycles. The highest BCUT2D eigenvalue weighted by Crippen LogP contribution is 2.44. The Bertz CT molecular complexity index is 2900. The maximum absolute atomic E-state index is 6.74. The van der Waals surface area contributed by atoms with Gasteiger partial charge >= 0.3 is 0 Å². The van der Waals surface area contributed by atoms with E-state index in [9.17, 15) is 0 Å². The van der Waals surface area contributed by atoms with E-state index in [0.29, 0.717) is 0 Å². The van der Waals surface area contributed by atoms with E-state index < -0.39 is 0 Å². The number of fused-ring (bicyclic) bond motifs is 5. The molecule has 1 unspecified atom stereocenters. The molecule has 8 aromatic carbocycles. The third-order valence-electron chi connectivity index (χ3n) is 10.7. The van der Waals surface area contributed by atoms with Gasteiger partial charge in [0.05, 0.1) is 0 Å². The molecule has 0 saturated heterocycles. The Labute approximate surface area is 308 Å². The van der Waals surface area contributed by atoms with Crippen molar-refractivity contribution in [2.75, 3.05) is 0 Å². The quantitative estimate of drug-likeness (QED) is 0.196. The van der Waals surface area contributed by atoms with Crippen molar-refractivity contribution in [1.82, 2.24) is 5.32 Å². The van der Waals surface area contributed by atoms with Crippen LogP contribution in [-0.2, 0) is 0 Å². The minimum atomic E-state index is -0.285. The number of aliphatic imine (C=N–C) groups is 1. The summed E-state index contributed by atoms with van der Waals surface area (Å²) in [7, 11) is 0. The predicted octanol–water partition coefficient (Wildman–Crippen LogP) is 13.1. The number of allylic oxidation sites excluding steroid dienone is 1. The number of para-hydroxylation sites is 1. The number of nitrogens with zero attached hydrogens (tertiary/aromatic N) is 1. The fraction of sp³-hybridized carbons (Fsp3) is 0.0600. The molecule has 252 valence electrons. The molecule has 0 bridgehead atoms. The highest BCUT2D eigenvalue weighted by Gasteiger charge is 2.24. The van der Waals surface area contributed by atoms with Crippen molar-refractivity contribution < 1.29 is 4.42 Å². The number of benzene rings is 8. The lowest BCUT2D eigenvalue weighted by Crippen LogP contribution is -2.19. The summed E-state index contributed by atoms with van der Waals surface area (Å²) >= 11 is 0. The zero-order valence-corrected chi connectivity index (χ0v) is 29.4. The maximum atomic E-state index is 6.74. The van der Waals surface area contributed by atoms with E-state index in [1.54, 1.807) is 0 Å². The van der Waals surface area contributed by atoms with Gasteiger partial charge in [-0.1, -0.05) is 164 Å². The first-order valence-electron chi connectivity index (χ1n) is 18.3. The molecule has 1 aliphatic rings. The van der Waals surface area contributed by atoms with Crippen molar-refractivity contribution in [3.05, 3.63) is 198 Å². The zero-order valence-electron chi connectivity index (χ0n) is 29.4. The van der Waals surface area contributed by atoms with Gasteiger partial charge in [-0.25, -0.2) is 0 Å². The summed E-state index contributed by atoms with van der Waals surface area (Å²) in [6.45, 7) is 2.22. The molecule has 9 aromatic rings. The first-order valence-corrected chi connectivity index (χ1v) is 18.3. The van der Waals surface area contributed by atoms with Gasteiger partial charge in [-0.05, 0) is 74.0 Å². The van der Waals surface area contributed by atoms with Gasteiger partial charge in [-0.15, -0.1) is 0 Å². The van der Waals surface area contributed by atoms with Gasteiger partial charge in [0.25, 0.3) is 0 Å². The molecule has 10 rings (SSSR count). The summed E-state index contributed by atoms with van der Waals surface area (Å²) in [6, 6.07) is 62.6. The summed E-state index contributed by atoms with van der Waals surface area (Å²) in [4.78, 5) is 5.48. The van der Waals surface area contributed by atoms with Gasteiger partial charge in [-0.2, -0.15) is 0 Å². The molecular weight excluding hydrogens is 645 g/mol. The van der Waals surface area contributed by atoms with E-state index in [2.05, 4.69) is 188 Å². The Morgan fingerprint density at radius 1 is 0.528 bits per heavy atom. The van der Waals surface area contributed by atoms with E-state index in [0.717, 1.165) is 67.6 Å². The number of furan rings is 1. The largest absolute Gasteiger partial charge is 0.455 e. The molecule has 3 heteroatoms. The standard InChI is InChI=1S/C50H36N2O/c1-32-30-45(34-15-4-2-5-16-34)51-50(52-48(32)35-17-6-3-7-18-35)43-29-28-41(39-20-10-11-21-40(39)43)42-23-13-25-46-47(42)44-24-12-22-38(49(44)53-46)37-27-26-33-14-8-9-19-36(33)31-37/h2-29,31,50,52H,30H2,1H3. The Balaban J connectivity index is 1.14. The predicted molar refractivity (Wildman–Crippen MR) is 222 cm³/mol. The van der Waals surface area contributed by atoms with Crippen LogP contribution in [-0.4, -0.2) is 5.71 Å². The van der Waals surface area contributed by atoms with Gasteiger partial charge in [0.15, 0.2) is 0 Å². The molecule has 0 saturated carbocycles. The highest BCUT2D eigenvalue weighted by molar-refractivity contribution is 6.18. The van der Waals surface area contributed by atoms with Gasteiger partial charge in [-0.3, -0.25) is 4.99 Å². The second-order valence-electron chi connectivity index (χ2n) is 14.0. The zero-order chi connectivity index (χ0) is 35.3. The normalized spacial score (nSPS) is 14.8. The van der Waals surface area contributed by atoms with Crippen LogP contribution in [0.5, 0.6) is 0 Å². The summed E-state index contributed by atoms with van der Waals surface area (Å²) in [5, 5.41) is 11.0. The van der Waals surface area contributed by atoms with Crippen molar-refractivity contribution in [2.24, 2.45) is 4.99 Å². The topological polar surface area (TPSA) is 37.5 Å². The minimum absolute atomic E-state index is 0.285. The summed E-state index contributed by atoms with van der Waals surface area (Å²) in [5.74, 6) is 0. The van der Waals surface area contributed by atoms with Crippen molar-refractivity contribution in [3.8, 4) is 22.3 Å². The second-order valence-corrected chi connectivity index (χ2v) is 14.0. The average Bonchev–Trinajstić information content (AvgIpc) is 3.52. The van der Waals surface area contributed by atoms with E-state index >= 15 is 0 Å². The molecule has 53 heavy (non-hydrogen) atoms. The van der Waals surface area contributed by atoms with Crippen LogP contribution in [0, 0.1) is 0 Å². The monoisotopic (exact) mass is 680 g/mol. The van der Waals surface area contributed by atoms with Crippen LogP contribution in [0.15, 0.2) is 191 Å². The van der Waals surface area contributed by atoms with Crippen LogP contribution in [0.4, 0.5) is 0 Å². The van der Waals surface area contributed by atoms with Crippen LogP contribution in [0.2, 0.25) is 0 Å². The number of rotatable bonds is 5. The Kier molecular flexibility index (Phi) is 7.51. The van der Waals surface area contributed by atoms with Crippen molar-refractivity contribution in [3.63, 3.8) is 0 Å². The lowest BCUT2D eigenvalue weighted by molar-refractivity contribution is 0.670. The Hall–Kier alpha value is -6.71. The van der Waals surface area contributed by atoms with Crippen LogP contribution in [0.25, 0.3) is 71.4 Å². The van der Waals surface area contributed by atoms with Crippen molar-refractivity contribution in [1.29, 1.82) is 0 Å². The molecule has 0 amide bonds. The summed E-state index contributed by atoms with van der Waals surface area (Å²) < 4.78 is 6.74. The SMILES string of the molecule is CC1=C(c2ccccc2)NC(c2ccc(-c3cccc4oc5c(-c6ccc7ccccc7c6)cccc5c34)c3ccccc23)N=C(c2ccccc2)C1. The van der Waals surface area contributed by atoms with E-state index in [1.165, 1.54) is 38.2 Å². The van der Waals surface area contributed by atoms with E-state index in [4.69, 9.17) is 9.41 Å². The molecule has 1 atom stereocenters. The molecule has 0 spiro atoms. The summed E-state index contributed by atoms with van der Waals surface area (Å²) in [5.41, 5.74) is 13.3. The lowest BCUT2D eigenvalue weighted by Gasteiger charge is -2.22. The van der Waals surface area contributed by atoms with Crippen molar-refractivity contribution in [2.45, 2.75) is 19.5 Å². The molecule has 1 aliphatic heterocycles. The summed E-state index contributed by atoms with van der Waals surface area (Å²) in [6.07, 6.45) is 0.483. The Morgan fingerprint density at radius 2 is 1.21 bits per heavy atom. The average molecular weight is 681 g/mol. The first kappa shape index (κ1) is 31.1. The highest BCUT2D eigenvalue weighted by atomic mass is 16.3. The maximum Gasteiger partial charge on any atom is 0.145 e. The lowest BCUT2D eigenvalue weighted by atomic mass is 9.91. The van der Waals surface area contributed by atoms with Crippen LogP contribution < -0.4 is 5.32 Å². The Morgan fingerprint density at radius 3 is 2.04 bits per heavy atom.